The van der Waals surface area contributed by atoms with E-state index >= 15 is 0 Å². The smallest absolute Gasteiger partial charge is 0.267 e. The molecule has 1 saturated carbocycles. The second kappa shape index (κ2) is 5.81. The van der Waals surface area contributed by atoms with Gasteiger partial charge in [0.2, 0.25) is 0 Å². The molecule has 3 aromatic rings. The third kappa shape index (κ3) is 2.88. The molecule has 0 saturated heterocycles. The quantitative estimate of drug-likeness (QED) is 0.743. The zero-order valence-corrected chi connectivity index (χ0v) is 13.9. The van der Waals surface area contributed by atoms with Crippen LogP contribution < -0.4 is 5.32 Å². The summed E-state index contributed by atoms with van der Waals surface area (Å²) in [5.41, 5.74) is 2.04. The van der Waals surface area contributed by atoms with E-state index in [-0.39, 0.29) is 5.91 Å². The van der Waals surface area contributed by atoms with Crippen LogP contribution in [0.4, 0.5) is 5.69 Å². The molecule has 0 atom stereocenters. The van der Waals surface area contributed by atoms with Crippen molar-refractivity contribution in [2.75, 3.05) is 5.32 Å². The molecule has 23 heavy (non-hydrogen) atoms. The Labute approximate surface area is 139 Å². The fourth-order valence-electron chi connectivity index (χ4n) is 2.82. The van der Waals surface area contributed by atoms with Gasteiger partial charge in [0.25, 0.3) is 5.91 Å². The van der Waals surface area contributed by atoms with Gasteiger partial charge in [-0.15, -0.1) is 11.3 Å². The van der Waals surface area contributed by atoms with Crippen LogP contribution in [0.2, 0.25) is 0 Å². The van der Waals surface area contributed by atoms with Gasteiger partial charge in [-0.25, -0.2) is 4.98 Å². The monoisotopic (exact) mass is 325 g/mol. The molecular weight excluding hydrogens is 306 g/mol. The first-order valence-corrected chi connectivity index (χ1v) is 8.92. The van der Waals surface area contributed by atoms with Crippen LogP contribution in [0.1, 0.15) is 46.8 Å². The molecule has 0 unspecified atom stereocenters. The molecule has 1 fully saturated rings. The summed E-state index contributed by atoms with van der Waals surface area (Å²) in [6, 6.07) is 8.17. The van der Waals surface area contributed by atoms with Gasteiger partial charge >= 0.3 is 0 Å². The summed E-state index contributed by atoms with van der Waals surface area (Å²) in [5.74, 6) is 0.526. The largest absolute Gasteiger partial charge is 0.347 e. The number of hydrogen-bond donors (Lipinski definition) is 1. The van der Waals surface area contributed by atoms with Crippen molar-refractivity contribution in [1.82, 2.24) is 9.55 Å². The van der Waals surface area contributed by atoms with Gasteiger partial charge in [-0.05, 0) is 43.5 Å². The van der Waals surface area contributed by atoms with Crippen molar-refractivity contribution >= 4 is 33.8 Å². The third-order valence-corrected chi connectivity index (χ3v) is 5.33. The summed E-state index contributed by atoms with van der Waals surface area (Å²) >= 11 is 1.52. The van der Waals surface area contributed by atoms with E-state index in [2.05, 4.69) is 40.1 Å². The molecule has 0 spiro atoms. The van der Waals surface area contributed by atoms with Crippen LogP contribution in [0, 0.1) is 0 Å². The highest BCUT2D eigenvalue weighted by Crippen LogP contribution is 2.41. The maximum absolute atomic E-state index is 12.4. The zero-order valence-electron chi connectivity index (χ0n) is 13.1. The van der Waals surface area contributed by atoms with Crippen LogP contribution in [0.3, 0.4) is 0 Å². The van der Waals surface area contributed by atoms with Crippen LogP contribution in [0.5, 0.6) is 0 Å². The van der Waals surface area contributed by atoms with Crippen molar-refractivity contribution < 1.29 is 4.79 Å². The predicted molar refractivity (Wildman–Crippen MR) is 94.3 cm³/mol. The molecule has 1 aliphatic carbocycles. The second-order valence-electron chi connectivity index (χ2n) is 6.07. The Bertz CT molecular complexity index is 860. The van der Waals surface area contributed by atoms with Crippen molar-refractivity contribution in [3.8, 4) is 0 Å². The van der Waals surface area contributed by atoms with E-state index in [9.17, 15) is 4.79 Å². The molecule has 1 aromatic carbocycles. The molecule has 118 valence electrons. The normalized spacial score (nSPS) is 14.3. The average molecular weight is 325 g/mol. The van der Waals surface area contributed by atoms with Gasteiger partial charge in [-0.2, -0.15) is 0 Å². The molecule has 1 N–H and O–H groups in total. The number of amides is 1. The van der Waals surface area contributed by atoms with Crippen LogP contribution >= 0.6 is 11.3 Å². The molecule has 5 heteroatoms. The molecule has 1 amide bonds. The van der Waals surface area contributed by atoms with Gasteiger partial charge < -0.3 is 9.88 Å². The summed E-state index contributed by atoms with van der Waals surface area (Å²) in [4.78, 5) is 17.4. The third-order valence-electron chi connectivity index (χ3n) is 4.17. The van der Waals surface area contributed by atoms with E-state index in [1.165, 1.54) is 29.7 Å². The molecular formula is C18H19N3OS. The molecule has 4 nitrogen and oxygen atoms in total. The first-order chi connectivity index (χ1) is 11.2. The fourth-order valence-corrected chi connectivity index (χ4v) is 3.80. The minimum atomic E-state index is -0.0678. The Morgan fingerprint density at radius 2 is 2.26 bits per heavy atom. The molecule has 0 aliphatic heterocycles. The number of nitrogens with zero attached hydrogens (tertiary/aromatic N) is 2. The van der Waals surface area contributed by atoms with Gasteiger partial charge in [0.05, 0.1) is 11.2 Å². The summed E-state index contributed by atoms with van der Waals surface area (Å²) < 4.78 is 2.24. The Hall–Kier alpha value is -2.14. The van der Waals surface area contributed by atoms with E-state index in [0.29, 0.717) is 10.8 Å². The minimum Gasteiger partial charge on any atom is -0.347 e. The standard InChI is InChI=1S/C18H19N3OS/c1-2-8-21-9-7-13-10-14(5-6-15(13)21)20-17(22)16-11-19-18(23-16)12-3-4-12/h5-7,9-12H,2-4,8H2,1H3,(H,20,22). The van der Waals surface area contributed by atoms with Crippen molar-refractivity contribution in [3.05, 3.63) is 46.5 Å². The number of benzene rings is 1. The molecule has 0 bridgehead atoms. The highest BCUT2D eigenvalue weighted by molar-refractivity contribution is 7.13. The SMILES string of the molecule is CCCn1ccc2cc(NC(=O)c3cnc(C4CC4)s3)ccc21. The highest BCUT2D eigenvalue weighted by Gasteiger charge is 2.27. The molecule has 1 aliphatic rings. The van der Waals surface area contributed by atoms with Gasteiger partial charge in [0.1, 0.15) is 4.88 Å². The van der Waals surface area contributed by atoms with E-state index in [4.69, 9.17) is 0 Å². The van der Waals surface area contributed by atoms with Gasteiger partial charge in [0, 0.05) is 35.2 Å². The first kappa shape index (κ1) is 14.5. The lowest BCUT2D eigenvalue weighted by molar-refractivity contribution is 0.103. The van der Waals surface area contributed by atoms with E-state index in [1.54, 1.807) is 6.20 Å². The number of nitrogens with one attached hydrogen (secondary N) is 1. The topological polar surface area (TPSA) is 46.9 Å². The van der Waals surface area contributed by atoms with E-state index in [0.717, 1.165) is 29.0 Å². The Morgan fingerprint density at radius 3 is 3.04 bits per heavy atom. The van der Waals surface area contributed by atoms with Crippen LogP contribution in [0.25, 0.3) is 10.9 Å². The number of fused-ring (bicyclic) bond motifs is 1. The number of hydrogen-bond acceptors (Lipinski definition) is 3. The number of carbonyl (C=O) groups is 1. The van der Waals surface area contributed by atoms with Gasteiger partial charge in [0.15, 0.2) is 0 Å². The molecule has 4 rings (SSSR count). The molecule has 0 radical (unpaired) electrons. The Balaban J connectivity index is 1.53. The van der Waals surface area contributed by atoms with E-state index in [1.807, 2.05) is 12.1 Å². The van der Waals surface area contributed by atoms with Crippen LogP contribution in [-0.4, -0.2) is 15.5 Å². The Kier molecular flexibility index (Phi) is 3.65. The van der Waals surface area contributed by atoms with Crippen LogP contribution in [-0.2, 0) is 6.54 Å². The number of aryl methyl sites for hydroxylation is 1. The lowest BCUT2D eigenvalue weighted by atomic mass is 10.2. The van der Waals surface area contributed by atoms with Crippen molar-refractivity contribution in [2.24, 2.45) is 0 Å². The molecule has 2 heterocycles. The number of rotatable bonds is 5. The maximum atomic E-state index is 12.4. The van der Waals surface area contributed by atoms with Crippen molar-refractivity contribution in [1.29, 1.82) is 0 Å². The highest BCUT2D eigenvalue weighted by atomic mass is 32.1. The first-order valence-electron chi connectivity index (χ1n) is 8.10. The number of anilines is 1. The van der Waals surface area contributed by atoms with Gasteiger partial charge in [-0.1, -0.05) is 6.92 Å². The number of carbonyl (C=O) groups excluding carboxylic acids is 1. The van der Waals surface area contributed by atoms with Crippen LogP contribution in [0.15, 0.2) is 36.7 Å². The van der Waals surface area contributed by atoms with Gasteiger partial charge in [-0.3, -0.25) is 4.79 Å². The molecule has 2 aromatic heterocycles. The number of aromatic nitrogens is 2. The lowest BCUT2D eigenvalue weighted by Crippen LogP contribution is -2.10. The zero-order chi connectivity index (χ0) is 15.8. The predicted octanol–water partition coefficient (Wildman–Crippen LogP) is 4.64. The number of thiazole rings is 1. The second-order valence-corrected chi connectivity index (χ2v) is 7.14. The average Bonchev–Trinajstić information content (AvgIpc) is 3.15. The Morgan fingerprint density at radius 1 is 1.39 bits per heavy atom. The van der Waals surface area contributed by atoms with Crippen molar-refractivity contribution in [3.63, 3.8) is 0 Å². The fraction of sp³-hybridized carbons (Fsp3) is 0.333. The summed E-state index contributed by atoms with van der Waals surface area (Å²) in [7, 11) is 0. The summed E-state index contributed by atoms with van der Waals surface area (Å²) in [5, 5.41) is 5.24. The van der Waals surface area contributed by atoms with E-state index < -0.39 is 0 Å². The summed E-state index contributed by atoms with van der Waals surface area (Å²) in [6.45, 7) is 3.19. The minimum absolute atomic E-state index is 0.0678. The maximum Gasteiger partial charge on any atom is 0.267 e. The van der Waals surface area contributed by atoms with Crippen molar-refractivity contribution in [2.45, 2.75) is 38.6 Å². The lowest BCUT2D eigenvalue weighted by Gasteiger charge is -2.06. The summed E-state index contributed by atoms with van der Waals surface area (Å²) in [6.07, 6.45) is 7.33.